The van der Waals surface area contributed by atoms with Gasteiger partial charge in [-0.3, -0.25) is 4.79 Å². The third kappa shape index (κ3) is 3.41. The zero-order chi connectivity index (χ0) is 14.8. The Morgan fingerprint density at radius 2 is 2.20 bits per heavy atom. The minimum Gasteiger partial charge on any atom is -0.466 e. The lowest BCUT2D eigenvalue weighted by molar-refractivity contribution is -0.117. The van der Waals surface area contributed by atoms with Crippen LogP contribution in [0.1, 0.15) is 50.3 Å². The Morgan fingerprint density at radius 1 is 1.45 bits per heavy atom. The van der Waals surface area contributed by atoms with E-state index in [1.54, 1.807) is 12.2 Å². The number of rotatable bonds is 3. The molecule has 108 valence electrons. The van der Waals surface area contributed by atoms with Crippen LogP contribution in [0.5, 0.6) is 0 Å². The molecule has 1 N–H and O–H groups in total. The van der Waals surface area contributed by atoms with Gasteiger partial charge in [-0.1, -0.05) is 32.1 Å². The summed E-state index contributed by atoms with van der Waals surface area (Å²) in [6.45, 7) is 8.30. The average Bonchev–Trinajstić information content (AvgIpc) is 2.68. The second-order valence-electron chi connectivity index (χ2n) is 6.23. The summed E-state index contributed by atoms with van der Waals surface area (Å²) in [4.78, 5) is 12.0. The largest absolute Gasteiger partial charge is 0.466 e. The van der Waals surface area contributed by atoms with E-state index in [0.717, 1.165) is 29.9 Å². The molecule has 0 radical (unpaired) electrons. The van der Waals surface area contributed by atoms with E-state index in [2.05, 4.69) is 19.2 Å². The van der Waals surface area contributed by atoms with E-state index >= 15 is 0 Å². The number of hydrogen-bond donors (Lipinski definition) is 1. The normalized spacial score (nSPS) is 21.3. The first kappa shape index (κ1) is 14.6. The van der Waals surface area contributed by atoms with Crippen molar-refractivity contribution in [2.75, 3.05) is 0 Å². The van der Waals surface area contributed by atoms with Crippen LogP contribution < -0.4 is 5.32 Å². The summed E-state index contributed by atoms with van der Waals surface area (Å²) in [6, 6.07) is 2.08. The van der Waals surface area contributed by atoms with Crippen molar-refractivity contribution in [3.05, 3.63) is 47.5 Å². The molecule has 0 unspecified atom stereocenters. The maximum atomic E-state index is 12.0. The Morgan fingerprint density at radius 3 is 2.90 bits per heavy atom. The number of hydrogen-bond acceptors (Lipinski definition) is 2. The van der Waals surface area contributed by atoms with Gasteiger partial charge >= 0.3 is 0 Å². The predicted octanol–water partition coefficient (Wildman–Crippen LogP) is 3.85. The van der Waals surface area contributed by atoms with Gasteiger partial charge in [0, 0.05) is 18.1 Å². The maximum Gasteiger partial charge on any atom is 0.244 e. The van der Waals surface area contributed by atoms with E-state index < -0.39 is 0 Å². The van der Waals surface area contributed by atoms with E-state index in [1.807, 2.05) is 32.1 Å². The molecule has 1 amide bonds. The second-order valence-corrected chi connectivity index (χ2v) is 6.23. The minimum atomic E-state index is -0.0596. The molecule has 20 heavy (non-hydrogen) atoms. The van der Waals surface area contributed by atoms with E-state index in [1.165, 1.54) is 0 Å². The Balaban J connectivity index is 2.16. The molecule has 3 nitrogen and oxygen atoms in total. The van der Waals surface area contributed by atoms with Gasteiger partial charge in [-0.2, -0.15) is 0 Å². The highest BCUT2D eigenvalue weighted by atomic mass is 16.3. The lowest BCUT2D eigenvalue weighted by Crippen LogP contribution is -2.35. The van der Waals surface area contributed by atoms with Crippen molar-refractivity contribution in [3.8, 4) is 0 Å². The van der Waals surface area contributed by atoms with Gasteiger partial charge in [0.25, 0.3) is 0 Å². The molecule has 0 spiro atoms. The SMILES string of the molecule is C/C=C/C=C\C(=O)N[C@@H]1CC(C)(C)Cc2oc(C)cc21. The third-order valence-electron chi connectivity index (χ3n) is 3.60. The Bertz CT molecular complexity index is 549. The molecule has 1 heterocycles. The number of fused-ring (bicyclic) bond motifs is 1. The van der Waals surface area contributed by atoms with Crippen LogP contribution in [0.15, 0.2) is 34.8 Å². The van der Waals surface area contributed by atoms with Crippen LogP contribution in [0.3, 0.4) is 0 Å². The van der Waals surface area contributed by atoms with Crippen LogP contribution in [0.25, 0.3) is 0 Å². The first-order valence-electron chi connectivity index (χ1n) is 7.10. The predicted molar refractivity (Wildman–Crippen MR) is 80.4 cm³/mol. The van der Waals surface area contributed by atoms with Crippen LogP contribution in [0.4, 0.5) is 0 Å². The lowest BCUT2D eigenvalue weighted by atomic mass is 9.74. The molecule has 1 aromatic rings. The molecule has 2 rings (SSSR count). The summed E-state index contributed by atoms with van der Waals surface area (Å²) in [5, 5.41) is 3.08. The second kappa shape index (κ2) is 5.70. The van der Waals surface area contributed by atoms with Crippen molar-refractivity contribution >= 4 is 5.91 Å². The molecule has 0 aliphatic heterocycles. The number of carbonyl (C=O) groups is 1. The quantitative estimate of drug-likeness (QED) is 0.671. The highest BCUT2D eigenvalue weighted by Gasteiger charge is 2.35. The zero-order valence-electron chi connectivity index (χ0n) is 12.7. The minimum absolute atomic E-state index is 0.0361. The molecular weight excluding hydrogens is 250 g/mol. The molecule has 3 heteroatoms. The number of nitrogens with one attached hydrogen (secondary N) is 1. The maximum absolute atomic E-state index is 12.0. The first-order valence-corrected chi connectivity index (χ1v) is 7.10. The van der Waals surface area contributed by atoms with Gasteiger partial charge in [0.1, 0.15) is 11.5 Å². The highest BCUT2D eigenvalue weighted by molar-refractivity contribution is 5.88. The summed E-state index contributed by atoms with van der Waals surface area (Å²) in [5.41, 5.74) is 1.28. The zero-order valence-corrected chi connectivity index (χ0v) is 12.7. The van der Waals surface area contributed by atoms with Crippen LogP contribution in [-0.2, 0) is 11.2 Å². The fourth-order valence-electron chi connectivity index (χ4n) is 2.79. The fourth-order valence-corrected chi connectivity index (χ4v) is 2.79. The van der Waals surface area contributed by atoms with Gasteiger partial charge in [0.2, 0.25) is 5.91 Å². The van der Waals surface area contributed by atoms with Gasteiger partial charge in [0.15, 0.2) is 0 Å². The Hall–Kier alpha value is -1.77. The number of furan rings is 1. The van der Waals surface area contributed by atoms with Gasteiger partial charge in [-0.05, 0) is 31.7 Å². The van der Waals surface area contributed by atoms with E-state index in [-0.39, 0.29) is 17.4 Å². The van der Waals surface area contributed by atoms with E-state index in [0.29, 0.717) is 0 Å². The topological polar surface area (TPSA) is 42.2 Å². The molecule has 1 aliphatic carbocycles. The Labute approximate surface area is 120 Å². The van der Waals surface area contributed by atoms with Crippen LogP contribution in [-0.4, -0.2) is 5.91 Å². The van der Waals surface area contributed by atoms with Crippen molar-refractivity contribution in [1.82, 2.24) is 5.32 Å². The van der Waals surface area contributed by atoms with Crippen LogP contribution in [0, 0.1) is 12.3 Å². The van der Waals surface area contributed by atoms with Gasteiger partial charge in [-0.25, -0.2) is 0 Å². The average molecular weight is 273 g/mol. The Kier molecular flexibility index (Phi) is 4.17. The number of aryl methyl sites for hydroxylation is 1. The molecule has 1 aliphatic rings. The molecule has 0 aromatic carbocycles. The summed E-state index contributed by atoms with van der Waals surface area (Å²) in [5.74, 6) is 1.87. The lowest BCUT2D eigenvalue weighted by Gasteiger charge is -2.34. The third-order valence-corrected chi connectivity index (χ3v) is 3.60. The monoisotopic (exact) mass is 273 g/mol. The summed E-state index contributed by atoms with van der Waals surface area (Å²) >= 11 is 0. The molecule has 0 saturated heterocycles. The van der Waals surface area contributed by atoms with Crippen LogP contribution in [0.2, 0.25) is 0 Å². The van der Waals surface area contributed by atoms with Crippen molar-refractivity contribution in [3.63, 3.8) is 0 Å². The molecule has 0 fully saturated rings. The van der Waals surface area contributed by atoms with E-state index in [9.17, 15) is 4.79 Å². The number of allylic oxidation sites excluding steroid dienone is 3. The molecule has 0 saturated carbocycles. The number of amides is 1. The van der Waals surface area contributed by atoms with Gasteiger partial charge in [0.05, 0.1) is 6.04 Å². The highest BCUT2D eigenvalue weighted by Crippen LogP contribution is 2.41. The fraction of sp³-hybridized carbons (Fsp3) is 0.471. The molecular formula is C17H23NO2. The summed E-state index contributed by atoms with van der Waals surface area (Å²) < 4.78 is 5.77. The van der Waals surface area contributed by atoms with Gasteiger partial charge < -0.3 is 9.73 Å². The van der Waals surface area contributed by atoms with Crippen molar-refractivity contribution in [2.24, 2.45) is 5.41 Å². The van der Waals surface area contributed by atoms with Crippen molar-refractivity contribution < 1.29 is 9.21 Å². The standard InChI is InChI=1S/C17H23NO2/c1-5-6-7-8-16(19)18-14-10-17(3,4)11-15-13(14)9-12(2)20-15/h5-9,14H,10-11H2,1-4H3,(H,18,19)/b6-5+,8-7-/t14-/m1/s1. The first-order chi connectivity index (χ1) is 9.41. The van der Waals surface area contributed by atoms with Gasteiger partial charge in [-0.15, -0.1) is 0 Å². The summed E-state index contributed by atoms with van der Waals surface area (Å²) in [6.07, 6.45) is 8.92. The van der Waals surface area contributed by atoms with E-state index in [4.69, 9.17) is 4.42 Å². The summed E-state index contributed by atoms with van der Waals surface area (Å²) in [7, 11) is 0. The van der Waals surface area contributed by atoms with Crippen LogP contribution >= 0.6 is 0 Å². The molecule has 0 bridgehead atoms. The van der Waals surface area contributed by atoms with Crippen molar-refractivity contribution in [1.29, 1.82) is 0 Å². The van der Waals surface area contributed by atoms with Crippen molar-refractivity contribution in [2.45, 2.75) is 46.6 Å². The molecule has 1 aromatic heterocycles. The number of carbonyl (C=O) groups excluding carboxylic acids is 1. The molecule has 1 atom stereocenters. The smallest absolute Gasteiger partial charge is 0.244 e.